The highest BCUT2D eigenvalue weighted by Gasteiger charge is 2.45. The number of cyclic esters (lactones) is 4. The quantitative estimate of drug-likeness (QED) is 0.193. The van der Waals surface area contributed by atoms with Crippen LogP contribution in [-0.2, 0) is 73.1 Å². The number of nitrogens with one attached hydrogen (secondary N) is 2. The summed E-state index contributed by atoms with van der Waals surface area (Å²) in [5.74, 6) is -6.10. The predicted molar refractivity (Wildman–Crippen MR) is 237 cm³/mol. The maximum absolute atomic E-state index is 13.1. The summed E-state index contributed by atoms with van der Waals surface area (Å²) in [6.07, 6.45) is 0.443. The number of rotatable bonds is 10. The Morgan fingerprint density at radius 1 is 0.621 bits per heavy atom. The zero-order valence-corrected chi connectivity index (χ0v) is 40.6. The molecule has 0 aromatic heterocycles. The molecular weight excluding hydrogens is 861 g/mol. The molecule has 3 aliphatic rings. The Morgan fingerprint density at radius 2 is 1.03 bits per heavy atom. The number of carbonyl (C=O) groups is 8. The third-order valence-corrected chi connectivity index (χ3v) is 10.7. The van der Waals surface area contributed by atoms with E-state index in [9.17, 15) is 38.4 Å². The van der Waals surface area contributed by atoms with Gasteiger partial charge in [0.05, 0.1) is 17.8 Å². The van der Waals surface area contributed by atoms with Crippen molar-refractivity contribution in [1.82, 2.24) is 10.6 Å². The van der Waals surface area contributed by atoms with Crippen molar-refractivity contribution in [2.75, 3.05) is 13.2 Å². The molecule has 2 aliphatic heterocycles. The summed E-state index contributed by atoms with van der Waals surface area (Å²) in [5.41, 5.74) is -0.725. The number of hydrogen-bond acceptors (Lipinski definition) is 16. The smallest absolute Gasteiger partial charge is 0.408 e. The van der Waals surface area contributed by atoms with Crippen LogP contribution in [0, 0.1) is 29.6 Å². The minimum Gasteiger partial charge on any atom is -0.463 e. The van der Waals surface area contributed by atoms with Gasteiger partial charge in [-0.1, -0.05) is 90.1 Å². The molecule has 2 N–H and O–H groups in total. The zero-order chi connectivity index (χ0) is 49.5. The minimum atomic E-state index is -1.27. The first kappa shape index (κ1) is 54.9. The van der Waals surface area contributed by atoms with Gasteiger partial charge in [0.15, 0.2) is 24.3 Å². The van der Waals surface area contributed by atoms with Gasteiger partial charge in [0.1, 0.15) is 42.5 Å². The Labute approximate surface area is 388 Å². The fourth-order valence-electron chi connectivity index (χ4n) is 7.35. The van der Waals surface area contributed by atoms with Crippen LogP contribution in [0.4, 0.5) is 9.59 Å². The van der Waals surface area contributed by atoms with E-state index in [1.807, 2.05) is 30.3 Å². The van der Waals surface area contributed by atoms with Crippen LogP contribution in [0.3, 0.4) is 0 Å². The number of amides is 2. The first-order valence-corrected chi connectivity index (χ1v) is 22.9. The van der Waals surface area contributed by atoms with Crippen molar-refractivity contribution in [3.8, 4) is 0 Å². The molecule has 1 aromatic carbocycles. The third-order valence-electron chi connectivity index (χ3n) is 10.7. The third kappa shape index (κ3) is 18.5. The van der Waals surface area contributed by atoms with Crippen molar-refractivity contribution in [1.29, 1.82) is 0 Å². The largest absolute Gasteiger partial charge is 0.463 e. The van der Waals surface area contributed by atoms with E-state index in [2.05, 4.69) is 10.6 Å². The van der Waals surface area contributed by atoms with Gasteiger partial charge in [0.25, 0.3) is 0 Å². The van der Waals surface area contributed by atoms with E-state index in [0.29, 0.717) is 12.3 Å². The molecule has 18 nitrogen and oxygen atoms in total. The molecule has 1 aromatic rings. The fraction of sp³-hybridized carbons (Fsp3) is 0.708. The van der Waals surface area contributed by atoms with Crippen molar-refractivity contribution in [2.45, 2.75) is 176 Å². The van der Waals surface area contributed by atoms with Crippen molar-refractivity contribution in [2.24, 2.45) is 29.6 Å². The normalized spacial score (nSPS) is 25.7. The highest BCUT2D eigenvalue weighted by molar-refractivity contribution is 5.84. The minimum absolute atomic E-state index is 0.210. The van der Waals surface area contributed by atoms with Crippen LogP contribution >= 0.6 is 0 Å². The van der Waals surface area contributed by atoms with Crippen LogP contribution in [0.25, 0.3) is 0 Å². The van der Waals surface area contributed by atoms with Crippen LogP contribution < -0.4 is 10.6 Å². The molecule has 2 amide bonds. The number of alkyl carbamates (subject to hydrolysis) is 2. The Hall–Kier alpha value is -5.42. The van der Waals surface area contributed by atoms with E-state index in [0.717, 1.165) is 31.2 Å². The van der Waals surface area contributed by atoms with Gasteiger partial charge in [-0.2, -0.15) is 0 Å². The number of esters is 6. The molecule has 4 rings (SSSR count). The fourth-order valence-corrected chi connectivity index (χ4v) is 7.35. The SMILES string of the molecule is CC(C)C(=O)O[C@H]1[C@H](C)OC(=O)[C@@H](NC(=O)OC(C)(C)C)COC(=O)[C@@H]1CC1CCCCC1.CC(C)C(=O)O[C@H]1[C@H](C)OC(=O)[C@@H](NC(=O)OC(C)(C)C)COC(=O)[C@@H]1Cc1ccccc1. The summed E-state index contributed by atoms with van der Waals surface area (Å²) in [6, 6.07) is 6.67. The summed E-state index contributed by atoms with van der Waals surface area (Å²) < 4.78 is 43.6. The summed E-state index contributed by atoms with van der Waals surface area (Å²) in [7, 11) is 0. The molecule has 370 valence electrons. The second-order valence-electron chi connectivity index (χ2n) is 19.7. The Morgan fingerprint density at radius 3 is 1.44 bits per heavy atom. The lowest BCUT2D eigenvalue weighted by Crippen LogP contribution is -2.48. The first-order valence-electron chi connectivity index (χ1n) is 22.9. The zero-order valence-electron chi connectivity index (χ0n) is 40.6. The van der Waals surface area contributed by atoms with E-state index >= 15 is 0 Å². The number of carbonyl (C=O) groups excluding carboxylic acids is 8. The molecule has 66 heavy (non-hydrogen) atoms. The van der Waals surface area contributed by atoms with Crippen molar-refractivity contribution >= 4 is 48.0 Å². The molecule has 0 radical (unpaired) electrons. The van der Waals surface area contributed by atoms with Gasteiger partial charge in [-0.3, -0.25) is 19.2 Å². The molecule has 0 spiro atoms. The molecule has 1 saturated carbocycles. The van der Waals surface area contributed by atoms with Gasteiger partial charge in [-0.15, -0.1) is 0 Å². The van der Waals surface area contributed by atoms with Gasteiger partial charge in [-0.25, -0.2) is 19.2 Å². The van der Waals surface area contributed by atoms with Gasteiger partial charge < -0.3 is 48.5 Å². The maximum Gasteiger partial charge on any atom is 0.408 e. The first-order chi connectivity index (χ1) is 30.7. The van der Waals surface area contributed by atoms with E-state index in [-0.39, 0.29) is 6.42 Å². The van der Waals surface area contributed by atoms with Crippen LogP contribution in [0.5, 0.6) is 0 Å². The molecule has 2 saturated heterocycles. The van der Waals surface area contributed by atoms with Crippen molar-refractivity contribution in [3.05, 3.63) is 35.9 Å². The van der Waals surface area contributed by atoms with E-state index in [4.69, 9.17) is 37.9 Å². The van der Waals surface area contributed by atoms with Crippen LogP contribution in [0.15, 0.2) is 30.3 Å². The van der Waals surface area contributed by atoms with Crippen LogP contribution in [0.2, 0.25) is 0 Å². The average molecular weight is 933 g/mol. The van der Waals surface area contributed by atoms with E-state index in [1.165, 1.54) is 13.3 Å². The molecule has 0 bridgehead atoms. The van der Waals surface area contributed by atoms with E-state index < -0.39 is 133 Å². The molecule has 0 unspecified atom stereocenters. The van der Waals surface area contributed by atoms with Crippen molar-refractivity contribution in [3.63, 3.8) is 0 Å². The average Bonchev–Trinajstić information content (AvgIpc) is 3.27. The topological polar surface area (TPSA) is 234 Å². The monoisotopic (exact) mass is 932 g/mol. The van der Waals surface area contributed by atoms with E-state index in [1.54, 1.807) is 76.2 Å². The Bertz CT molecular complexity index is 1810. The Balaban J connectivity index is 0.000000350. The second kappa shape index (κ2) is 24.9. The predicted octanol–water partition coefficient (Wildman–Crippen LogP) is 6.32. The molecule has 8 atom stereocenters. The number of ether oxygens (including phenoxy) is 8. The van der Waals surface area contributed by atoms with Gasteiger partial charge in [0.2, 0.25) is 0 Å². The summed E-state index contributed by atoms with van der Waals surface area (Å²) in [6.45, 7) is 19.1. The van der Waals surface area contributed by atoms with Gasteiger partial charge in [-0.05, 0) is 79.7 Å². The van der Waals surface area contributed by atoms with Crippen LogP contribution in [-0.4, -0.2) is 109 Å². The van der Waals surface area contributed by atoms with Crippen molar-refractivity contribution < 1.29 is 76.3 Å². The lowest BCUT2D eigenvalue weighted by Gasteiger charge is -2.32. The lowest BCUT2D eigenvalue weighted by atomic mass is 9.80. The molecule has 3 fully saturated rings. The number of hydrogen-bond donors (Lipinski definition) is 2. The number of benzene rings is 1. The summed E-state index contributed by atoms with van der Waals surface area (Å²) in [5, 5.41) is 4.79. The lowest BCUT2D eigenvalue weighted by molar-refractivity contribution is -0.177. The maximum atomic E-state index is 13.1. The Kier molecular flexibility index (Phi) is 20.7. The van der Waals surface area contributed by atoms with Gasteiger partial charge >= 0.3 is 48.0 Å². The van der Waals surface area contributed by atoms with Crippen LogP contribution in [0.1, 0.15) is 127 Å². The summed E-state index contributed by atoms with van der Waals surface area (Å²) >= 11 is 0. The summed E-state index contributed by atoms with van der Waals surface area (Å²) in [4.78, 5) is 101. The highest BCUT2D eigenvalue weighted by Crippen LogP contribution is 2.34. The second-order valence-corrected chi connectivity index (χ2v) is 19.7. The molecule has 18 heteroatoms. The highest BCUT2D eigenvalue weighted by atomic mass is 16.6. The standard InChI is InChI=1S/C24H39NO8.C24H33NO8/c2*1-14(2)20(26)32-19-15(3)31-22(28)18(25-23(29)33-24(4,5)6)13-30-21(27)17(19)12-16-10-8-7-9-11-16/h14-19H,7-13H2,1-6H3,(H,25,29);7-11,14-15,17-19H,12-13H2,1-6H3,(H,25,29)/t2*15-,17+,18-,19-/m00/s1. The van der Waals surface area contributed by atoms with Gasteiger partial charge in [0, 0.05) is 0 Å². The molecule has 1 aliphatic carbocycles. The molecular formula is C48H72N2O16. The molecule has 2 heterocycles.